The first-order valence-electron chi connectivity index (χ1n) is 7.78. The number of aliphatic hydroxyl groups is 1. The fraction of sp³-hybridized carbons (Fsp3) is 0.333. The maximum atomic E-state index is 12.4. The highest BCUT2D eigenvalue weighted by Crippen LogP contribution is 2.18. The van der Waals surface area contributed by atoms with Gasteiger partial charge in [-0.1, -0.05) is 36.4 Å². The molecule has 1 aromatic heterocycles. The molecule has 23 heavy (non-hydrogen) atoms. The summed E-state index contributed by atoms with van der Waals surface area (Å²) in [5, 5.41) is 12.1. The van der Waals surface area contributed by atoms with Crippen LogP contribution in [0.5, 0.6) is 0 Å². The van der Waals surface area contributed by atoms with Crippen molar-refractivity contribution in [2.24, 2.45) is 0 Å². The van der Waals surface area contributed by atoms with Crippen LogP contribution in [0.4, 0.5) is 4.79 Å². The molecule has 0 spiro atoms. The molecule has 2 rings (SSSR count). The molecule has 0 fully saturated rings. The van der Waals surface area contributed by atoms with Crippen LogP contribution < -0.4 is 5.32 Å². The number of rotatable bonds is 7. The van der Waals surface area contributed by atoms with E-state index < -0.39 is 0 Å². The standard InChI is InChI=1S/C18H23N3O2/c1-21(14-16-10-5-6-12-19-16)18(23)20-17(11-7-13-22)15-8-3-2-4-9-15/h2-6,8-10,12,17,22H,7,11,13-14H2,1H3,(H,20,23). The molecule has 0 radical (unpaired) electrons. The largest absolute Gasteiger partial charge is 0.396 e. The Morgan fingerprint density at radius 2 is 1.96 bits per heavy atom. The molecule has 0 saturated heterocycles. The first kappa shape index (κ1) is 17.0. The lowest BCUT2D eigenvalue weighted by molar-refractivity contribution is 0.199. The van der Waals surface area contributed by atoms with Crippen molar-refractivity contribution in [2.75, 3.05) is 13.7 Å². The van der Waals surface area contributed by atoms with Crippen molar-refractivity contribution >= 4 is 6.03 Å². The monoisotopic (exact) mass is 313 g/mol. The Morgan fingerprint density at radius 1 is 1.22 bits per heavy atom. The van der Waals surface area contributed by atoms with E-state index in [-0.39, 0.29) is 18.7 Å². The summed E-state index contributed by atoms with van der Waals surface area (Å²) >= 11 is 0. The molecule has 0 aliphatic carbocycles. The van der Waals surface area contributed by atoms with Crippen LogP contribution in [0.1, 0.15) is 30.1 Å². The van der Waals surface area contributed by atoms with Crippen molar-refractivity contribution in [3.8, 4) is 0 Å². The number of nitrogens with zero attached hydrogens (tertiary/aromatic N) is 2. The zero-order valence-electron chi connectivity index (χ0n) is 13.4. The number of amides is 2. The zero-order valence-corrected chi connectivity index (χ0v) is 13.4. The van der Waals surface area contributed by atoms with Crippen LogP contribution in [-0.4, -0.2) is 34.7 Å². The van der Waals surface area contributed by atoms with E-state index in [0.717, 1.165) is 11.3 Å². The topological polar surface area (TPSA) is 65.5 Å². The van der Waals surface area contributed by atoms with Gasteiger partial charge in [-0.2, -0.15) is 0 Å². The molecule has 0 saturated carbocycles. The number of aromatic nitrogens is 1. The number of carbonyl (C=O) groups is 1. The number of carbonyl (C=O) groups excluding carboxylic acids is 1. The lowest BCUT2D eigenvalue weighted by Crippen LogP contribution is -2.39. The highest BCUT2D eigenvalue weighted by molar-refractivity contribution is 5.74. The summed E-state index contributed by atoms with van der Waals surface area (Å²) in [5.74, 6) is 0. The van der Waals surface area contributed by atoms with Gasteiger partial charge in [-0.25, -0.2) is 4.79 Å². The average Bonchev–Trinajstić information content (AvgIpc) is 2.60. The first-order chi connectivity index (χ1) is 11.2. The molecule has 122 valence electrons. The van der Waals surface area contributed by atoms with E-state index in [1.54, 1.807) is 18.1 Å². The molecule has 0 aliphatic rings. The van der Waals surface area contributed by atoms with E-state index in [2.05, 4.69) is 10.3 Å². The fourth-order valence-corrected chi connectivity index (χ4v) is 2.37. The summed E-state index contributed by atoms with van der Waals surface area (Å²) < 4.78 is 0. The highest BCUT2D eigenvalue weighted by atomic mass is 16.3. The van der Waals surface area contributed by atoms with Gasteiger partial charge in [-0.15, -0.1) is 0 Å². The molecule has 1 unspecified atom stereocenters. The van der Waals surface area contributed by atoms with Crippen molar-refractivity contribution in [1.82, 2.24) is 15.2 Å². The summed E-state index contributed by atoms with van der Waals surface area (Å²) in [6, 6.07) is 15.2. The number of urea groups is 1. The van der Waals surface area contributed by atoms with E-state index in [1.807, 2.05) is 48.5 Å². The van der Waals surface area contributed by atoms with Crippen molar-refractivity contribution in [1.29, 1.82) is 0 Å². The Morgan fingerprint density at radius 3 is 2.61 bits per heavy atom. The summed E-state index contributed by atoms with van der Waals surface area (Å²) in [7, 11) is 1.75. The number of aliphatic hydroxyl groups excluding tert-OH is 1. The summed E-state index contributed by atoms with van der Waals surface area (Å²) in [6.45, 7) is 0.567. The molecule has 1 atom stereocenters. The second kappa shape index (κ2) is 8.90. The third-order valence-electron chi connectivity index (χ3n) is 3.62. The van der Waals surface area contributed by atoms with Gasteiger partial charge >= 0.3 is 6.03 Å². The molecule has 2 amide bonds. The predicted molar refractivity (Wildman–Crippen MR) is 89.7 cm³/mol. The Bertz CT molecular complexity index is 590. The minimum Gasteiger partial charge on any atom is -0.396 e. The molecule has 2 N–H and O–H groups in total. The number of benzene rings is 1. The van der Waals surface area contributed by atoms with Crippen LogP contribution in [-0.2, 0) is 6.54 Å². The average molecular weight is 313 g/mol. The van der Waals surface area contributed by atoms with Gasteiger partial charge in [-0.05, 0) is 30.5 Å². The molecular weight excluding hydrogens is 290 g/mol. The number of pyridine rings is 1. The quantitative estimate of drug-likeness (QED) is 0.826. The summed E-state index contributed by atoms with van der Waals surface area (Å²) in [4.78, 5) is 18.3. The molecule has 0 bridgehead atoms. The van der Waals surface area contributed by atoms with Gasteiger partial charge in [-0.3, -0.25) is 4.98 Å². The van der Waals surface area contributed by atoms with E-state index >= 15 is 0 Å². The minimum atomic E-state index is -0.151. The molecule has 2 aromatic rings. The Hall–Kier alpha value is -2.40. The normalized spacial score (nSPS) is 11.7. The van der Waals surface area contributed by atoms with Crippen LogP contribution in [0.15, 0.2) is 54.7 Å². The molecule has 1 aromatic carbocycles. The first-order valence-corrected chi connectivity index (χ1v) is 7.78. The molecular formula is C18H23N3O2. The third kappa shape index (κ3) is 5.38. The maximum Gasteiger partial charge on any atom is 0.317 e. The van der Waals surface area contributed by atoms with Gasteiger partial charge < -0.3 is 15.3 Å². The Balaban J connectivity index is 1.99. The molecule has 5 heteroatoms. The Kier molecular flexibility index (Phi) is 6.56. The number of nitrogens with one attached hydrogen (secondary N) is 1. The van der Waals surface area contributed by atoms with Gasteiger partial charge in [0.2, 0.25) is 0 Å². The van der Waals surface area contributed by atoms with Crippen LogP contribution in [0.2, 0.25) is 0 Å². The fourth-order valence-electron chi connectivity index (χ4n) is 2.37. The maximum absolute atomic E-state index is 12.4. The second-order valence-electron chi connectivity index (χ2n) is 5.46. The van der Waals surface area contributed by atoms with E-state index in [9.17, 15) is 4.79 Å². The van der Waals surface area contributed by atoms with Crippen LogP contribution in [0, 0.1) is 0 Å². The number of hydrogen-bond acceptors (Lipinski definition) is 3. The van der Waals surface area contributed by atoms with Gasteiger partial charge in [0.15, 0.2) is 0 Å². The smallest absolute Gasteiger partial charge is 0.317 e. The van der Waals surface area contributed by atoms with E-state index in [4.69, 9.17) is 5.11 Å². The van der Waals surface area contributed by atoms with Crippen molar-refractivity contribution < 1.29 is 9.90 Å². The van der Waals surface area contributed by atoms with Crippen molar-refractivity contribution in [3.05, 3.63) is 66.0 Å². The van der Waals surface area contributed by atoms with Crippen molar-refractivity contribution in [3.63, 3.8) is 0 Å². The molecule has 0 aliphatic heterocycles. The van der Waals surface area contributed by atoms with Crippen LogP contribution in [0.25, 0.3) is 0 Å². The minimum absolute atomic E-state index is 0.109. The predicted octanol–water partition coefficient (Wildman–Crippen LogP) is 2.74. The van der Waals surface area contributed by atoms with E-state index in [1.165, 1.54) is 0 Å². The number of hydrogen-bond donors (Lipinski definition) is 2. The summed E-state index contributed by atoms with van der Waals surface area (Å²) in [5.41, 5.74) is 1.89. The Labute approximate surface area is 137 Å². The summed E-state index contributed by atoms with van der Waals surface area (Å²) in [6.07, 6.45) is 3.06. The SMILES string of the molecule is CN(Cc1ccccn1)C(=O)NC(CCCO)c1ccccc1. The van der Waals surface area contributed by atoms with Gasteiger partial charge in [0.1, 0.15) is 0 Å². The molecule has 5 nitrogen and oxygen atoms in total. The zero-order chi connectivity index (χ0) is 16.5. The second-order valence-corrected chi connectivity index (χ2v) is 5.46. The van der Waals surface area contributed by atoms with Crippen molar-refractivity contribution in [2.45, 2.75) is 25.4 Å². The van der Waals surface area contributed by atoms with Crippen LogP contribution in [0.3, 0.4) is 0 Å². The molecule has 1 heterocycles. The lowest BCUT2D eigenvalue weighted by Gasteiger charge is -2.24. The van der Waals surface area contributed by atoms with Crippen LogP contribution >= 0.6 is 0 Å². The lowest BCUT2D eigenvalue weighted by atomic mass is 10.0. The van der Waals surface area contributed by atoms with Gasteiger partial charge in [0.25, 0.3) is 0 Å². The van der Waals surface area contributed by atoms with E-state index in [0.29, 0.717) is 19.4 Å². The third-order valence-corrected chi connectivity index (χ3v) is 3.62. The highest BCUT2D eigenvalue weighted by Gasteiger charge is 2.17. The van der Waals surface area contributed by atoms with Gasteiger partial charge in [0.05, 0.1) is 18.3 Å². The van der Waals surface area contributed by atoms with Gasteiger partial charge in [0, 0.05) is 19.9 Å².